The van der Waals surface area contributed by atoms with Crippen LogP contribution in [-0.4, -0.2) is 12.7 Å². The first-order valence-corrected chi connectivity index (χ1v) is 4.82. The van der Waals surface area contributed by atoms with Gasteiger partial charge in [0.2, 0.25) is 0 Å². The standard InChI is InChI=1S/C11H8F3N3/c12-11(13,14)10-4-5-17(16-10)9-3-1-2-8(6-9)7-15/h1-4,6,16H,5H2. The van der Waals surface area contributed by atoms with Crippen LogP contribution in [0.4, 0.5) is 18.9 Å². The van der Waals surface area contributed by atoms with Gasteiger partial charge in [0.25, 0.3) is 0 Å². The number of nitrogens with zero attached hydrogens (tertiary/aromatic N) is 2. The molecule has 0 atom stereocenters. The molecule has 1 N–H and O–H groups in total. The zero-order valence-electron chi connectivity index (χ0n) is 8.62. The van der Waals surface area contributed by atoms with Crippen molar-refractivity contribution in [2.45, 2.75) is 6.18 Å². The van der Waals surface area contributed by atoms with Crippen molar-refractivity contribution in [1.82, 2.24) is 5.43 Å². The number of rotatable bonds is 1. The second kappa shape index (κ2) is 4.01. The van der Waals surface area contributed by atoms with Crippen LogP contribution >= 0.6 is 0 Å². The van der Waals surface area contributed by atoms with E-state index >= 15 is 0 Å². The van der Waals surface area contributed by atoms with E-state index in [0.29, 0.717) is 11.3 Å². The summed E-state index contributed by atoms with van der Waals surface area (Å²) in [6, 6.07) is 8.33. The lowest BCUT2D eigenvalue weighted by molar-refractivity contribution is -0.0958. The van der Waals surface area contributed by atoms with Crippen LogP contribution < -0.4 is 10.4 Å². The minimum Gasteiger partial charge on any atom is -0.294 e. The Morgan fingerprint density at radius 2 is 2.12 bits per heavy atom. The van der Waals surface area contributed by atoms with E-state index in [2.05, 4.69) is 5.43 Å². The summed E-state index contributed by atoms with van der Waals surface area (Å²) in [6.45, 7) is 0.115. The zero-order chi connectivity index (χ0) is 12.5. The first-order chi connectivity index (χ1) is 8.00. The highest BCUT2D eigenvalue weighted by Gasteiger charge is 2.37. The van der Waals surface area contributed by atoms with Crippen molar-refractivity contribution < 1.29 is 13.2 Å². The zero-order valence-corrected chi connectivity index (χ0v) is 8.62. The van der Waals surface area contributed by atoms with E-state index in [1.165, 1.54) is 11.1 Å². The van der Waals surface area contributed by atoms with Gasteiger partial charge in [-0.3, -0.25) is 10.4 Å². The number of hydrogen-bond donors (Lipinski definition) is 1. The molecule has 3 nitrogen and oxygen atoms in total. The highest BCUT2D eigenvalue weighted by molar-refractivity contribution is 5.53. The molecule has 0 saturated heterocycles. The molecule has 17 heavy (non-hydrogen) atoms. The van der Waals surface area contributed by atoms with Crippen LogP contribution in [0.15, 0.2) is 36.0 Å². The van der Waals surface area contributed by atoms with Crippen molar-refractivity contribution in [3.63, 3.8) is 0 Å². The van der Waals surface area contributed by atoms with Crippen LogP contribution in [0.25, 0.3) is 0 Å². The molecule has 0 unspecified atom stereocenters. The van der Waals surface area contributed by atoms with Gasteiger partial charge in [-0.2, -0.15) is 18.4 Å². The number of anilines is 1. The minimum absolute atomic E-state index is 0.115. The summed E-state index contributed by atoms with van der Waals surface area (Å²) >= 11 is 0. The first-order valence-electron chi connectivity index (χ1n) is 4.82. The van der Waals surface area contributed by atoms with E-state index in [9.17, 15) is 13.2 Å². The summed E-state index contributed by atoms with van der Waals surface area (Å²) in [5.74, 6) is 0. The molecule has 6 heteroatoms. The Hall–Kier alpha value is -2.16. The first kappa shape index (κ1) is 11.3. The second-order valence-corrected chi connectivity index (χ2v) is 3.50. The second-order valence-electron chi connectivity index (χ2n) is 3.50. The van der Waals surface area contributed by atoms with Crippen LogP contribution in [0.5, 0.6) is 0 Å². The number of allylic oxidation sites excluding steroid dienone is 1. The van der Waals surface area contributed by atoms with Crippen molar-refractivity contribution in [1.29, 1.82) is 5.26 Å². The molecule has 0 fully saturated rings. The quantitative estimate of drug-likeness (QED) is 0.817. The molecule has 0 spiro atoms. The van der Waals surface area contributed by atoms with Crippen LogP contribution in [-0.2, 0) is 0 Å². The van der Waals surface area contributed by atoms with Crippen LogP contribution in [0.1, 0.15) is 5.56 Å². The fourth-order valence-electron chi connectivity index (χ4n) is 1.51. The molecule has 1 aliphatic rings. The minimum atomic E-state index is -4.37. The van der Waals surface area contributed by atoms with Crippen LogP contribution in [0.3, 0.4) is 0 Å². The number of halogens is 3. The molecule has 1 aliphatic heterocycles. The van der Waals surface area contributed by atoms with Gasteiger partial charge in [0.15, 0.2) is 0 Å². The Balaban J connectivity index is 2.15. The monoisotopic (exact) mass is 239 g/mol. The van der Waals surface area contributed by atoms with Gasteiger partial charge in [-0.15, -0.1) is 0 Å². The number of nitriles is 1. The summed E-state index contributed by atoms with van der Waals surface area (Å²) in [5.41, 5.74) is 2.42. The Morgan fingerprint density at radius 3 is 2.71 bits per heavy atom. The van der Waals surface area contributed by atoms with Crippen molar-refractivity contribution in [2.24, 2.45) is 0 Å². The highest BCUT2D eigenvalue weighted by atomic mass is 19.4. The molecule has 1 aromatic carbocycles. The molecule has 0 radical (unpaired) electrons. The molecular formula is C11H8F3N3. The molecule has 1 heterocycles. The Labute approximate surface area is 95.7 Å². The third-order valence-electron chi connectivity index (χ3n) is 2.33. The normalized spacial score (nSPS) is 15.2. The van der Waals surface area contributed by atoms with Crippen molar-refractivity contribution >= 4 is 5.69 Å². The van der Waals surface area contributed by atoms with Gasteiger partial charge in [-0.1, -0.05) is 6.07 Å². The number of hydrogen-bond acceptors (Lipinski definition) is 3. The number of hydrazine groups is 1. The number of benzene rings is 1. The molecule has 0 aliphatic carbocycles. The van der Waals surface area contributed by atoms with Gasteiger partial charge in [0, 0.05) is 0 Å². The maximum absolute atomic E-state index is 12.4. The van der Waals surface area contributed by atoms with Gasteiger partial charge in [-0.05, 0) is 24.3 Å². The topological polar surface area (TPSA) is 39.1 Å². The lowest BCUT2D eigenvalue weighted by Gasteiger charge is -2.21. The van der Waals surface area contributed by atoms with Gasteiger partial charge < -0.3 is 0 Å². The summed E-state index contributed by atoms with van der Waals surface area (Å²) in [7, 11) is 0. The van der Waals surface area contributed by atoms with Gasteiger partial charge in [0.1, 0.15) is 5.70 Å². The van der Waals surface area contributed by atoms with Crippen molar-refractivity contribution in [3.05, 3.63) is 41.6 Å². The predicted octanol–water partition coefficient (Wildman–Crippen LogP) is 2.33. The molecule has 0 bridgehead atoms. The van der Waals surface area contributed by atoms with Crippen LogP contribution in [0, 0.1) is 11.3 Å². The summed E-state index contributed by atoms with van der Waals surface area (Å²) in [4.78, 5) is 0. The summed E-state index contributed by atoms with van der Waals surface area (Å²) in [5, 5.41) is 10.0. The average Bonchev–Trinajstić information content (AvgIpc) is 2.78. The van der Waals surface area contributed by atoms with E-state index in [1.54, 1.807) is 18.2 Å². The maximum Gasteiger partial charge on any atom is 0.432 e. The fraction of sp³-hybridized carbons (Fsp3) is 0.182. The average molecular weight is 239 g/mol. The molecule has 88 valence electrons. The third kappa shape index (κ3) is 2.33. The predicted molar refractivity (Wildman–Crippen MR) is 55.8 cm³/mol. The van der Waals surface area contributed by atoms with Crippen molar-refractivity contribution in [2.75, 3.05) is 11.6 Å². The molecule has 0 aromatic heterocycles. The van der Waals surface area contributed by atoms with E-state index in [-0.39, 0.29) is 6.54 Å². The molecule has 0 amide bonds. The maximum atomic E-state index is 12.4. The molecular weight excluding hydrogens is 231 g/mol. The Morgan fingerprint density at radius 1 is 1.35 bits per heavy atom. The van der Waals surface area contributed by atoms with Gasteiger partial charge in [0.05, 0.1) is 23.9 Å². The van der Waals surface area contributed by atoms with Gasteiger partial charge >= 0.3 is 6.18 Å². The van der Waals surface area contributed by atoms with E-state index in [4.69, 9.17) is 5.26 Å². The third-order valence-corrected chi connectivity index (χ3v) is 2.33. The van der Waals surface area contributed by atoms with E-state index in [1.807, 2.05) is 6.07 Å². The summed E-state index contributed by atoms with van der Waals surface area (Å²) in [6.07, 6.45) is -3.30. The Kier molecular flexibility index (Phi) is 2.68. The summed E-state index contributed by atoms with van der Waals surface area (Å²) < 4.78 is 37.2. The SMILES string of the molecule is N#Cc1cccc(N2CC=C(C(F)(F)F)N2)c1. The largest absolute Gasteiger partial charge is 0.432 e. The molecule has 2 rings (SSSR count). The lowest BCUT2D eigenvalue weighted by Crippen LogP contribution is -2.35. The van der Waals surface area contributed by atoms with E-state index in [0.717, 1.165) is 6.08 Å². The van der Waals surface area contributed by atoms with Gasteiger partial charge in [-0.25, -0.2) is 0 Å². The smallest absolute Gasteiger partial charge is 0.294 e. The van der Waals surface area contributed by atoms with Crippen LogP contribution in [0.2, 0.25) is 0 Å². The number of alkyl halides is 3. The molecule has 0 saturated carbocycles. The lowest BCUT2D eigenvalue weighted by atomic mass is 10.2. The Bertz CT molecular complexity index is 499. The fourth-order valence-corrected chi connectivity index (χ4v) is 1.51. The highest BCUT2D eigenvalue weighted by Crippen LogP contribution is 2.28. The van der Waals surface area contributed by atoms with Crippen molar-refractivity contribution in [3.8, 4) is 6.07 Å². The number of nitrogens with one attached hydrogen (secondary N) is 1. The molecule has 1 aromatic rings. The van der Waals surface area contributed by atoms with E-state index < -0.39 is 11.9 Å².